The number of hydrogen-bond donors (Lipinski definition) is 0. The van der Waals surface area contributed by atoms with Gasteiger partial charge in [-0.1, -0.05) is 64.7 Å². The summed E-state index contributed by atoms with van der Waals surface area (Å²) in [4.78, 5) is 0. The van der Waals surface area contributed by atoms with Crippen molar-refractivity contribution < 1.29 is 28.4 Å². The molecule has 0 amide bonds. The fourth-order valence-electron chi connectivity index (χ4n) is 2.95. The smallest absolute Gasteiger partial charge is 0.104 e. The highest BCUT2D eigenvalue weighted by molar-refractivity contribution is 4.66. The predicted octanol–water partition coefficient (Wildman–Crippen LogP) is 4.39. The Bertz CT molecular complexity index is 312. The second-order valence-electron chi connectivity index (χ2n) is 7.66. The van der Waals surface area contributed by atoms with Gasteiger partial charge >= 0.3 is 0 Å². The zero-order chi connectivity index (χ0) is 20.7. The molecule has 0 saturated carbocycles. The third-order valence-corrected chi connectivity index (χ3v) is 4.84. The van der Waals surface area contributed by atoms with Crippen molar-refractivity contribution in [2.45, 2.75) is 77.2 Å². The monoisotopic (exact) mass is 418 g/mol. The molecule has 0 aliphatic carbocycles. The molecular weight excluding hydrogens is 372 g/mol. The van der Waals surface area contributed by atoms with Crippen molar-refractivity contribution in [2.75, 3.05) is 72.7 Å². The Hall–Kier alpha value is -0.240. The van der Waals surface area contributed by atoms with E-state index < -0.39 is 0 Å². The first-order chi connectivity index (χ1) is 14.4. The Kier molecular flexibility index (Phi) is 20.7. The van der Waals surface area contributed by atoms with E-state index in [4.69, 9.17) is 28.4 Å². The molecule has 1 atom stereocenters. The minimum Gasteiger partial charge on any atom is -0.379 e. The van der Waals surface area contributed by atoms with Gasteiger partial charge in [0, 0.05) is 6.61 Å². The van der Waals surface area contributed by atoms with Gasteiger partial charge in [-0.25, -0.2) is 0 Å². The van der Waals surface area contributed by atoms with Gasteiger partial charge in [0.2, 0.25) is 0 Å². The summed E-state index contributed by atoms with van der Waals surface area (Å²) < 4.78 is 32.4. The third-order valence-electron chi connectivity index (χ3n) is 4.84. The summed E-state index contributed by atoms with van der Waals surface area (Å²) in [5, 5.41) is 0. The molecule has 0 bridgehead atoms. The van der Waals surface area contributed by atoms with Crippen LogP contribution in [-0.4, -0.2) is 78.8 Å². The van der Waals surface area contributed by atoms with Crippen LogP contribution in [0, 0.1) is 0 Å². The van der Waals surface area contributed by atoms with E-state index in [2.05, 4.69) is 6.92 Å². The van der Waals surface area contributed by atoms with Crippen molar-refractivity contribution in [3.63, 3.8) is 0 Å². The van der Waals surface area contributed by atoms with Crippen LogP contribution in [0.25, 0.3) is 0 Å². The van der Waals surface area contributed by atoms with Gasteiger partial charge < -0.3 is 28.4 Å². The summed E-state index contributed by atoms with van der Waals surface area (Å²) in [7, 11) is 0. The lowest BCUT2D eigenvalue weighted by atomic mass is 10.1. The molecule has 29 heavy (non-hydrogen) atoms. The Morgan fingerprint density at radius 2 is 0.897 bits per heavy atom. The molecule has 1 saturated heterocycles. The number of unbranched alkanes of at least 4 members (excludes halogenated alkanes) is 9. The molecule has 1 aliphatic rings. The van der Waals surface area contributed by atoms with Crippen molar-refractivity contribution in [3.05, 3.63) is 0 Å². The third kappa shape index (κ3) is 22.3. The van der Waals surface area contributed by atoms with Crippen molar-refractivity contribution in [1.82, 2.24) is 0 Å². The molecule has 0 aromatic carbocycles. The summed E-state index contributed by atoms with van der Waals surface area (Å²) >= 11 is 0. The molecular formula is C23H46O6. The minimum absolute atomic E-state index is 0.323. The molecule has 0 radical (unpaired) electrons. The Morgan fingerprint density at radius 3 is 1.34 bits per heavy atom. The lowest BCUT2D eigenvalue weighted by Crippen LogP contribution is -2.14. The van der Waals surface area contributed by atoms with Crippen molar-refractivity contribution in [1.29, 1.82) is 0 Å². The quantitative estimate of drug-likeness (QED) is 0.162. The topological polar surface area (TPSA) is 58.7 Å². The number of hydrogen-bond acceptors (Lipinski definition) is 6. The van der Waals surface area contributed by atoms with Crippen LogP contribution in [-0.2, 0) is 28.4 Å². The number of rotatable bonds is 25. The second-order valence-corrected chi connectivity index (χ2v) is 7.66. The molecule has 0 aromatic heterocycles. The lowest BCUT2D eigenvalue weighted by Gasteiger charge is -2.08. The number of epoxide rings is 1. The maximum Gasteiger partial charge on any atom is 0.104 e. The van der Waals surface area contributed by atoms with Crippen LogP contribution < -0.4 is 0 Å². The van der Waals surface area contributed by atoms with Crippen LogP contribution in [0.3, 0.4) is 0 Å². The van der Waals surface area contributed by atoms with E-state index in [0.717, 1.165) is 13.2 Å². The van der Waals surface area contributed by atoms with Gasteiger partial charge in [-0.05, 0) is 6.42 Å². The first-order valence-electron chi connectivity index (χ1n) is 11.9. The molecule has 1 heterocycles. The maximum absolute atomic E-state index is 5.61. The fraction of sp³-hybridized carbons (Fsp3) is 1.00. The first kappa shape index (κ1) is 26.8. The largest absolute Gasteiger partial charge is 0.379 e. The highest BCUT2D eigenvalue weighted by Gasteiger charge is 2.21. The average molecular weight is 419 g/mol. The lowest BCUT2D eigenvalue weighted by molar-refractivity contribution is -0.0120. The van der Waals surface area contributed by atoms with Gasteiger partial charge in [0.15, 0.2) is 0 Å². The summed E-state index contributed by atoms with van der Waals surface area (Å²) in [5.74, 6) is 0. The Labute approximate surface area is 178 Å². The van der Waals surface area contributed by atoms with Crippen molar-refractivity contribution in [2.24, 2.45) is 0 Å². The van der Waals surface area contributed by atoms with Gasteiger partial charge in [0.05, 0.1) is 66.1 Å². The molecule has 1 unspecified atom stereocenters. The van der Waals surface area contributed by atoms with E-state index in [-0.39, 0.29) is 0 Å². The standard InChI is InChI=1S/C23H46O6/c1-2-3-4-5-6-7-8-9-10-11-12-24-13-14-25-15-16-26-17-18-27-19-20-28-21-23-22-29-23/h23H,2-22H2,1H3. The molecule has 1 fully saturated rings. The molecule has 1 aliphatic heterocycles. The van der Waals surface area contributed by atoms with E-state index in [9.17, 15) is 0 Å². The van der Waals surface area contributed by atoms with Gasteiger partial charge in [-0.3, -0.25) is 0 Å². The molecule has 6 heteroatoms. The van der Waals surface area contributed by atoms with E-state index in [0.29, 0.717) is 65.6 Å². The molecule has 1 rings (SSSR count). The average Bonchev–Trinajstić information content (AvgIpc) is 3.55. The SMILES string of the molecule is CCCCCCCCCCCCOCCOCCOCCOCCOCC1CO1. The predicted molar refractivity (Wildman–Crippen MR) is 116 cm³/mol. The van der Waals surface area contributed by atoms with E-state index >= 15 is 0 Å². The highest BCUT2D eigenvalue weighted by Crippen LogP contribution is 2.10. The normalized spacial score (nSPS) is 15.8. The van der Waals surface area contributed by atoms with Crippen molar-refractivity contribution in [3.8, 4) is 0 Å². The van der Waals surface area contributed by atoms with Gasteiger partial charge in [-0.2, -0.15) is 0 Å². The molecule has 0 spiro atoms. The summed E-state index contributed by atoms with van der Waals surface area (Å²) in [6.45, 7) is 9.54. The fourth-order valence-corrected chi connectivity index (χ4v) is 2.95. The summed E-state index contributed by atoms with van der Waals surface area (Å²) in [6, 6.07) is 0. The van der Waals surface area contributed by atoms with Gasteiger partial charge in [0.25, 0.3) is 0 Å². The van der Waals surface area contributed by atoms with E-state index in [1.165, 1.54) is 64.2 Å². The summed E-state index contributed by atoms with van der Waals surface area (Å²) in [5.41, 5.74) is 0. The maximum atomic E-state index is 5.61. The zero-order valence-corrected chi connectivity index (χ0v) is 18.9. The van der Waals surface area contributed by atoms with Crippen LogP contribution in [0.15, 0.2) is 0 Å². The van der Waals surface area contributed by atoms with E-state index in [1.54, 1.807) is 0 Å². The van der Waals surface area contributed by atoms with Gasteiger partial charge in [-0.15, -0.1) is 0 Å². The minimum atomic E-state index is 0.323. The summed E-state index contributed by atoms with van der Waals surface area (Å²) in [6.07, 6.45) is 13.9. The molecule has 0 aromatic rings. The Balaban J connectivity index is 1.58. The number of ether oxygens (including phenoxy) is 6. The Morgan fingerprint density at radius 1 is 0.517 bits per heavy atom. The van der Waals surface area contributed by atoms with Crippen LogP contribution in [0.4, 0.5) is 0 Å². The van der Waals surface area contributed by atoms with Gasteiger partial charge in [0.1, 0.15) is 6.10 Å². The second kappa shape index (κ2) is 22.4. The van der Waals surface area contributed by atoms with Crippen LogP contribution in [0.1, 0.15) is 71.1 Å². The van der Waals surface area contributed by atoms with Crippen LogP contribution in [0.2, 0.25) is 0 Å². The molecule has 0 N–H and O–H groups in total. The first-order valence-corrected chi connectivity index (χ1v) is 11.9. The molecule has 174 valence electrons. The van der Waals surface area contributed by atoms with Crippen molar-refractivity contribution >= 4 is 0 Å². The van der Waals surface area contributed by atoms with Crippen LogP contribution in [0.5, 0.6) is 0 Å². The van der Waals surface area contributed by atoms with Crippen LogP contribution >= 0.6 is 0 Å². The molecule has 6 nitrogen and oxygen atoms in total. The highest BCUT2D eigenvalue weighted by atomic mass is 16.6. The van der Waals surface area contributed by atoms with E-state index in [1.807, 2.05) is 0 Å². The zero-order valence-electron chi connectivity index (χ0n) is 18.9.